The number of benzene rings is 3. The van der Waals surface area contributed by atoms with Crippen molar-refractivity contribution in [2.75, 3.05) is 11.9 Å². The summed E-state index contributed by atoms with van der Waals surface area (Å²) in [5.41, 5.74) is 6.37. The van der Waals surface area contributed by atoms with E-state index in [-0.39, 0.29) is 17.6 Å². The first-order valence-electron chi connectivity index (χ1n) is 12.5. The number of halogens is 2. The molecule has 0 unspecified atom stereocenters. The maximum Gasteiger partial charge on any atom is 0.253 e. The fraction of sp³-hybridized carbons (Fsp3) is 0.200. The summed E-state index contributed by atoms with van der Waals surface area (Å²) in [4.78, 5) is 26.7. The molecular formula is C30H25BrFN3O3. The average Bonchev–Trinajstić information content (AvgIpc) is 3.58. The molecule has 2 atom stereocenters. The van der Waals surface area contributed by atoms with Gasteiger partial charge in [-0.1, -0.05) is 40.2 Å². The van der Waals surface area contributed by atoms with Crippen molar-refractivity contribution in [3.05, 3.63) is 106 Å². The Morgan fingerprint density at radius 3 is 2.55 bits per heavy atom. The lowest BCUT2D eigenvalue weighted by Crippen LogP contribution is -2.32. The molecule has 0 spiro atoms. The SMILES string of the molecule is C[C@H]1O[C@@H](c2cn(-c3ccc(Br)cc3)cc2-c2ccc(F)cc2)N(CCc2ccc3c(c2)CC(=O)N3)C1=O. The third kappa shape index (κ3) is 4.66. The summed E-state index contributed by atoms with van der Waals surface area (Å²) in [5.74, 6) is -0.386. The molecule has 2 aliphatic rings. The maximum absolute atomic E-state index is 13.7. The van der Waals surface area contributed by atoms with Gasteiger partial charge in [0.05, 0.1) is 6.42 Å². The zero-order valence-corrected chi connectivity index (χ0v) is 22.2. The monoisotopic (exact) mass is 573 g/mol. The normalized spacial score (nSPS) is 18.7. The van der Waals surface area contributed by atoms with Gasteiger partial charge < -0.3 is 19.5 Å². The van der Waals surface area contributed by atoms with E-state index < -0.39 is 12.3 Å². The van der Waals surface area contributed by atoms with Gasteiger partial charge in [-0.05, 0) is 72.5 Å². The molecule has 0 aliphatic carbocycles. The van der Waals surface area contributed by atoms with E-state index in [1.54, 1.807) is 24.0 Å². The van der Waals surface area contributed by atoms with Crippen molar-refractivity contribution in [2.24, 2.45) is 0 Å². The molecule has 1 N–H and O–H groups in total. The van der Waals surface area contributed by atoms with Crippen LogP contribution in [0.5, 0.6) is 0 Å². The molecule has 6 nitrogen and oxygen atoms in total. The van der Waals surface area contributed by atoms with Crippen LogP contribution in [0.2, 0.25) is 0 Å². The summed E-state index contributed by atoms with van der Waals surface area (Å²) in [7, 11) is 0. The number of nitrogens with zero attached hydrogens (tertiary/aromatic N) is 2. The van der Waals surface area contributed by atoms with Gasteiger partial charge in [0.2, 0.25) is 5.91 Å². The fourth-order valence-corrected chi connectivity index (χ4v) is 5.39. The summed E-state index contributed by atoms with van der Waals surface area (Å²) in [6.07, 6.45) is 3.80. The van der Waals surface area contributed by atoms with Crippen molar-refractivity contribution in [1.82, 2.24) is 9.47 Å². The average molecular weight is 574 g/mol. The van der Waals surface area contributed by atoms with E-state index in [4.69, 9.17) is 4.74 Å². The van der Waals surface area contributed by atoms with Crippen molar-refractivity contribution in [1.29, 1.82) is 0 Å². The van der Waals surface area contributed by atoms with E-state index in [2.05, 4.69) is 21.2 Å². The van der Waals surface area contributed by atoms with Crippen LogP contribution >= 0.6 is 15.9 Å². The van der Waals surface area contributed by atoms with Crippen LogP contribution in [0.4, 0.5) is 10.1 Å². The van der Waals surface area contributed by atoms with E-state index in [9.17, 15) is 14.0 Å². The predicted molar refractivity (Wildman–Crippen MR) is 146 cm³/mol. The standard InChI is InChI=1S/C30H25BrFN3O3/c1-18-29(37)35(13-12-19-2-11-27-21(14-19)15-28(36)33-27)30(38-18)26-17-34(24-9-5-22(31)6-10-24)16-25(26)20-3-7-23(32)8-4-20/h2-11,14,16-18,30H,12-13,15H2,1H3,(H,33,36)/t18-,30+/m1/s1. The number of rotatable bonds is 6. The molecule has 6 rings (SSSR count). The second kappa shape index (κ2) is 9.85. The summed E-state index contributed by atoms with van der Waals surface area (Å²) in [6.45, 7) is 2.23. The first-order chi connectivity index (χ1) is 18.4. The van der Waals surface area contributed by atoms with Crippen LogP contribution in [0.3, 0.4) is 0 Å². The minimum Gasteiger partial charge on any atom is -0.341 e. The third-order valence-electron chi connectivity index (χ3n) is 7.09. The number of nitrogens with one attached hydrogen (secondary N) is 1. The fourth-order valence-electron chi connectivity index (χ4n) is 5.13. The second-order valence-electron chi connectivity index (χ2n) is 9.65. The van der Waals surface area contributed by atoms with Crippen molar-refractivity contribution >= 4 is 33.4 Å². The van der Waals surface area contributed by atoms with Gasteiger partial charge in [-0.3, -0.25) is 9.59 Å². The number of hydrogen-bond donors (Lipinski definition) is 1. The summed E-state index contributed by atoms with van der Waals surface area (Å²) in [6, 6.07) is 20.2. The number of anilines is 1. The number of carbonyl (C=O) groups is 2. The number of ether oxygens (including phenoxy) is 1. The minimum atomic E-state index is -0.591. The summed E-state index contributed by atoms with van der Waals surface area (Å²) >= 11 is 3.48. The van der Waals surface area contributed by atoms with Crippen LogP contribution in [0.1, 0.15) is 29.8 Å². The topological polar surface area (TPSA) is 63.6 Å². The lowest BCUT2D eigenvalue weighted by molar-refractivity contribution is -0.130. The molecule has 3 aromatic carbocycles. The lowest BCUT2D eigenvalue weighted by Gasteiger charge is -2.24. The molecular weight excluding hydrogens is 549 g/mol. The van der Waals surface area contributed by atoms with Gasteiger partial charge in [0.25, 0.3) is 5.91 Å². The minimum absolute atomic E-state index is 0.00207. The summed E-state index contributed by atoms with van der Waals surface area (Å²) < 4.78 is 22.9. The Balaban J connectivity index is 1.34. The van der Waals surface area contributed by atoms with Crippen LogP contribution in [0.25, 0.3) is 16.8 Å². The lowest BCUT2D eigenvalue weighted by atomic mass is 10.0. The molecule has 192 valence electrons. The van der Waals surface area contributed by atoms with Gasteiger partial charge in [0, 0.05) is 45.9 Å². The molecule has 3 heterocycles. The van der Waals surface area contributed by atoms with Crippen molar-refractivity contribution < 1.29 is 18.7 Å². The predicted octanol–water partition coefficient (Wildman–Crippen LogP) is 6.03. The molecule has 2 amide bonds. The van der Waals surface area contributed by atoms with E-state index in [1.807, 2.05) is 59.4 Å². The molecule has 0 bridgehead atoms. The van der Waals surface area contributed by atoms with Crippen LogP contribution < -0.4 is 5.32 Å². The molecule has 0 saturated carbocycles. The Kier molecular flexibility index (Phi) is 6.37. The van der Waals surface area contributed by atoms with E-state index in [0.717, 1.165) is 43.7 Å². The first-order valence-corrected chi connectivity index (χ1v) is 13.3. The Hall–Kier alpha value is -3.75. The Bertz CT molecular complexity index is 1530. The highest BCUT2D eigenvalue weighted by molar-refractivity contribution is 9.10. The van der Waals surface area contributed by atoms with Crippen LogP contribution in [-0.4, -0.2) is 33.9 Å². The number of fused-ring (bicyclic) bond motifs is 1. The maximum atomic E-state index is 13.7. The van der Waals surface area contributed by atoms with Crippen molar-refractivity contribution in [2.45, 2.75) is 32.1 Å². The van der Waals surface area contributed by atoms with E-state index >= 15 is 0 Å². The molecule has 0 radical (unpaired) electrons. The molecule has 8 heteroatoms. The van der Waals surface area contributed by atoms with E-state index in [0.29, 0.717) is 19.4 Å². The number of aromatic nitrogens is 1. The van der Waals surface area contributed by atoms with Gasteiger partial charge in [-0.2, -0.15) is 0 Å². The molecule has 38 heavy (non-hydrogen) atoms. The van der Waals surface area contributed by atoms with Crippen molar-refractivity contribution in [3.8, 4) is 16.8 Å². The second-order valence-corrected chi connectivity index (χ2v) is 10.6. The van der Waals surface area contributed by atoms with Crippen LogP contribution in [0.15, 0.2) is 83.6 Å². The zero-order chi connectivity index (χ0) is 26.4. The first kappa shape index (κ1) is 24.6. The largest absolute Gasteiger partial charge is 0.341 e. The van der Waals surface area contributed by atoms with Gasteiger partial charge in [-0.15, -0.1) is 0 Å². The quantitative estimate of drug-likeness (QED) is 0.306. The highest BCUT2D eigenvalue weighted by Crippen LogP contribution is 2.39. The van der Waals surface area contributed by atoms with Gasteiger partial charge >= 0.3 is 0 Å². The van der Waals surface area contributed by atoms with E-state index in [1.165, 1.54) is 12.1 Å². The number of hydrogen-bond acceptors (Lipinski definition) is 3. The van der Waals surface area contributed by atoms with Crippen LogP contribution in [0, 0.1) is 5.82 Å². The number of amides is 2. The number of carbonyl (C=O) groups excluding carboxylic acids is 2. The van der Waals surface area contributed by atoms with Crippen molar-refractivity contribution in [3.63, 3.8) is 0 Å². The van der Waals surface area contributed by atoms with Gasteiger partial charge in [0.1, 0.15) is 11.9 Å². The molecule has 1 aromatic heterocycles. The van der Waals surface area contributed by atoms with Gasteiger partial charge in [0.15, 0.2) is 6.23 Å². The third-order valence-corrected chi connectivity index (χ3v) is 7.62. The highest BCUT2D eigenvalue weighted by atomic mass is 79.9. The van der Waals surface area contributed by atoms with Gasteiger partial charge in [-0.25, -0.2) is 4.39 Å². The molecule has 2 aliphatic heterocycles. The molecule has 1 saturated heterocycles. The zero-order valence-electron chi connectivity index (χ0n) is 20.7. The Morgan fingerprint density at radius 2 is 1.79 bits per heavy atom. The highest BCUT2D eigenvalue weighted by Gasteiger charge is 2.40. The smallest absolute Gasteiger partial charge is 0.253 e. The molecule has 1 fully saturated rings. The summed E-state index contributed by atoms with van der Waals surface area (Å²) in [5, 5.41) is 2.86. The van der Waals surface area contributed by atoms with Crippen LogP contribution in [-0.2, 0) is 27.2 Å². The Morgan fingerprint density at radius 1 is 1.03 bits per heavy atom. The molecule has 4 aromatic rings. The Labute approximate surface area is 228 Å².